The Balaban J connectivity index is 1.60. The van der Waals surface area contributed by atoms with Gasteiger partial charge in [-0.2, -0.15) is 4.31 Å². The maximum atomic E-state index is 12.5. The molecule has 2 fully saturated rings. The van der Waals surface area contributed by atoms with E-state index in [4.69, 9.17) is 0 Å². The SMILES string of the molecule is Cc1ccc(S(=O)(=O)N(C)CC(=O)N[C@@H]2C[C@@H]3CC[C@@H]2C3)cc1. The van der Waals surface area contributed by atoms with Crippen LogP contribution in [0, 0.1) is 18.8 Å². The van der Waals surface area contributed by atoms with Gasteiger partial charge in [0.1, 0.15) is 0 Å². The molecule has 2 aliphatic carbocycles. The summed E-state index contributed by atoms with van der Waals surface area (Å²) in [6.07, 6.45) is 4.72. The molecule has 1 amide bonds. The number of carbonyl (C=O) groups is 1. The van der Waals surface area contributed by atoms with Gasteiger partial charge < -0.3 is 5.32 Å². The second-order valence-corrected chi connectivity index (χ2v) is 8.97. The van der Waals surface area contributed by atoms with Gasteiger partial charge in [-0.05, 0) is 50.2 Å². The Morgan fingerprint density at radius 2 is 1.91 bits per heavy atom. The maximum absolute atomic E-state index is 12.5. The number of sulfonamides is 1. The van der Waals surface area contributed by atoms with Crippen LogP contribution in [0.15, 0.2) is 29.2 Å². The van der Waals surface area contributed by atoms with E-state index in [2.05, 4.69) is 5.32 Å². The molecule has 0 saturated heterocycles. The summed E-state index contributed by atoms with van der Waals surface area (Å²) in [5.41, 5.74) is 1.00. The van der Waals surface area contributed by atoms with E-state index in [1.165, 1.54) is 26.3 Å². The van der Waals surface area contributed by atoms with Gasteiger partial charge in [0, 0.05) is 13.1 Å². The van der Waals surface area contributed by atoms with Crippen LogP contribution < -0.4 is 5.32 Å². The highest BCUT2D eigenvalue weighted by molar-refractivity contribution is 7.89. The van der Waals surface area contributed by atoms with E-state index in [1.54, 1.807) is 24.3 Å². The number of amides is 1. The van der Waals surface area contributed by atoms with Crippen molar-refractivity contribution in [3.8, 4) is 0 Å². The zero-order chi connectivity index (χ0) is 16.6. The molecule has 0 aliphatic heterocycles. The molecule has 0 aromatic heterocycles. The van der Waals surface area contributed by atoms with Gasteiger partial charge in [0.05, 0.1) is 11.4 Å². The minimum atomic E-state index is -3.62. The Kier molecular flexibility index (Phi) is 4.47. The lowest BCUT2D eigenvalue weighted by Crippen LogP contribution is -2.44. The van der Waals surface area contributed by atoms with Crippen LogP contribution >= 0.6 is 0 Å². The average molecular weight is 336 g/mol. The molecule has 5 nitrogen and oxygen atoms in total. The second-order valence-electron chi connectivity index (χ2n) is 6.92. The lowest BCUT2D eigenvalue weighted by Gasteiger charge is -2.24. The Labute approximate surface area is 138 Å². The van der Waals surface area contributed by atoms with Crippen LogP contribution in [-0.4, -0.2) is 38.3 Å². The van der Waals surface area contributed by atoms with Gasteiger partial charge in [0.15, 0.2) is 0 Å². The lowest BCUT2D eigenvalue weighted by molar-refractivity contribution is -0.122. The molecule has 2 saturated carbocycles. The summed E-state index contributed by atoms with van der Waals surface area (Å²) < 4.78 is 26.1. The highest BCUT2D eigenvalue weighted by atomic mass is 32.2. The normalized spacial score (nSPS) is 26.7. The standard InChI is InChI=1S/C17H24N2O3S/c1-12-3-7-15(8-4-12)23(21,22)19(2)11-17(20)18-16-10-13-5-6-14(16)9-13/h3-4,7-8,13-14,16H,5-6,9-11H2,1-2H3,(H,18,20)/t13-,14-,16-/m1/s1. The van der Waals surface area contributed by atoms with E-state index in [0.29, 0.717) is 5.92 Å². The minimum Gasteiger partial charge on any atom is -0.352 e. The molecule has 0 radical (unpaired) electrons. The third kappa shape index (κ3) is 3.43. The molecule has 1 aromatic carbocycles. The van der Waals surface area contributed by atoms with Crippen molar-refractivity contribution in [1.29, 1.82) is 0 Å². The predicted octanol–water partition coefficient (Wildman–Crippen LogP) is 1.92. The van der Waals surface area contributed by atoms with E-state index in [1.807, 2.05) is 6.92 Å². The molecule has 1 aromatic rings. The van der Waals surface area contributed by atoms with Gasteiger partial charge in [-0.1, -0.05) is 24.1 Å². The first-order valence-corrected chi connectivity index (χ1v) is 9.62. The van der Waals surface area contributed by atoms with Crippen molar-refractivity contribution in [3.05, 3.63) is 29.8 Å². The lowest BCUT2D eigenvalue weighted by atomic mass is 9.95. The molecular formula is C17H24N2O3S. The van der Waals surface area contributed by atoms with Crippen LogP contribution in [0.4, 0.5) is 0 Å². The monoisotopic (exact) mass is 336 g/mol. The Morgan fingerprint density at radius 3 is 2.48 bits per heavy atom. The molecule has 6 heteroatoms. The molecule has 3 rings (SSSR count). The fourth-order valence-electron chi connectivity index (χ4n) is 3.85. The van der Waals surface area contributed by atoms with Gasteiger partial charge in [0.25, 0.3) is 0 Å². The van der Waals surface area contributed by atoms with Crippen molar-refractivity contribution >= 4 is 15.9 Å². The van der Waals surface area contributed by atoms with E-state index in [0.717, 1.165) is 22.2 Å². The smallest absolute Gasteiger partial charge is 0.243 e. The molecule has 1 N–H and O–H groups in total. The van der Waals surface area contributed by atoms with Crippen LogP contribution in [0.5, 0.6) is 0 Å². The van der Waals surface area contributed by atoms with Gasteiger partial charge in [-0.15, -0.1) is 0 Å². The molecule has 126 valence electrons. The Bertz CT molecular complexity index is 684. The van der Waals surface area contributed by atoms with Crippen LogP contribution in [0.25, 0.3) is 0 Å². The maximum Gasteiger partial charge on any atom is 0.243 e. The number of likely N-dealkylation sites (N-methyl/N-ethyl adjacent to an activating group) is 1. The van der Waals surface area contributed by atoms with E-state index >= 15 is 0 Å². The molecule has 2 aliphatic rings. The minimum absolute atomic E-state index is 0.135. The van der Waals surface area contributed by atoms with Gasteiger partial charge in [-0.3, -0.25) is 4.79 Å². The summed E-state index contributed by atoms with van der Waals surface area (Å²) in [6, 6.07) is 6.91. The molecule has 0 unspecified atom stereocenters. The number of rotatable bonds is 5. The molecule has 2 bridgehead atoms. The van der Waals surface area contributed by atoms with Crippen molar-refractivity contribution in [2.45, 2.75) is 43.5 Å². The summed E-state index contributed by atoms with van der Waals surface area (Å²) in [6.45, 7) is 1.77. The average Bonchev–Trinajstić information content (AvgIpc) is 3.10. The van der Waals surface area contributed by atoms with Crippen LogP contribution in [0.1, 0.15) is 31.2 Å². The van der Waals surface area contributed by atoms with E-state index in [9.17, 15) is 13.2 Å². The van der Waals surface area contributed by atoms with Gasteiger partial charge in [0.2, 0.25) is 15.9 Å². The van der Waals surface area contributed by atoms with Gasteiger partial charge >= 0.3 is 0 Å². The summed E-state index contributed by atoms with van der Waals surface area (Å²) in [5.74, 6) is 1.13. The quantitative estimate of drug-likeness (QED) is 0.893. The second kappa shape index (κ2) is 6.24. The number of carbonyl (C=O) groups excluding carboxylic acids is 1. The van der Waals surface area contributed by atoms with E-state index < -0.39 is 10.0 Å². The highest BCUT2D eigenvalue weighted by Crippen LogP contribution is 2.44. The highest BCUT2D eigenvalue weighted by Gasteiger charge is 2.40. The molecule has 0 heterocycles. The zero-order valence-corrected chi connectivity index (χ0v) is 14.5. The van der Waals surface area contributed by atoms with E-state index in [-0.39, 0.29) is 23.4 Å². The third-order valence-corrected chi connectivity index (χ3v) is 7.00. The van der Waals surface area contributed by atoms with Crippen molar-refractivity contribution in [2.75, 3.05) is 13.6 Å². The molecular weight excluding hydrogens is 312 g/mol. The first kappa shape index (κ1) is 16.5. The summed E-state index contributed by atoms with van der Waals surface area (Å²) in [5, 5.41) is 3.03. The largest absolute Gasteiger partial charge is 0.352 e. The van der Waals surface area contributed by atoms with Crippen molar-refractivity contribution in [1.82, 2.24) is 9.62 Å². The number of aryl methyl sites for hydroxylation is 1. The zero-order valence-electron chi connectivity index (χ0n) is 13.7. The number of hydrogen-bond donors (Lipinski definition) is 1. The molecule has 23 heavy (non-hydrogen) atoms. The Hall–Kier alpha value is -1.40. The first-order valence-electron chi connectivity index (χ1n) is 8.18. The fraction of sp³-hybridized carbons (Fsp3) is 0.588. The third-order valence-electron chi connectivity index (χ3n) is 5.18. The fourth-order valence-corrected chi connectivity index (χ4v) is 4.98. The first-order chi connectivity index (χ1) is 10.9. The van der Waals surface area contributed by atoms with Crippen molar-refractivity contribution in [2.24, 2.45) is 11.8 Å². The van der Waals surface area contributed by atoms with Crippen molar-refractivity contribution < 1.29 is 13.2 Å². The van der Waals surface area contributed by atoms with Crippen LogP contribution in [0.2, 0.25) is 0 Å². The Morgan fingerprint density at radius 1 is 1.22 bits per heavy atom. The van der Waals surface area contributed by atoms with Crippen LogP contribution in [0.3, 0.4) is 0 Å². The molecule has 0 spiro atoms. The number of fused-ring (bicyclic) bond motifs is 2. The number of nitrogens with zero attached hydrogens (tertiary/aromatic N) is 1. The summed E-state index contributed by atoms with van der Waals surface area (Å²) in [7, 11) is -2.17. The number of hydrogen-bond acceptors (Lipinski definition) is 3. The summed E-state index contributed by atoms with van der Waals surface area (Å²) >= 11 is 0. The number of nitrogens with one attached hydrogen (secondary N) is 1. The van der Waals surface area contributed by atoms with Gasteiger partial charge in [-0.25, -0.2) is 8.42 Å². The van der Waals surface area contributed by atoms with Crippen molar-refractivity contribution in [3.63, 3.8) is 0 Å². The predicted molar refractivity (Wildman–Crippen MR) is 88.4 cm³/mol. The summed E-state index contributed by atoms with van der Waals surface area (Å²) in [4.78, 5) is 12.4. The van der Waals surface area contributed by atoms with Crippen LogP contribution in [-0.2, 0) is 14.8 Å². The molecule has 3 atom stereocenters. The topological polar surface area (TPSA) is 66.5 Å². The number of benzene rings is 1.